The van der Waals surface area contributed by atoms with E-state index in [2.05, 4.69) is 4.74 Å². The zero-order chi connectivity index (χ0) is 12.6. The summed E-state index contributed by atoms with van der Waals surface area (Å²) in [6.45, 7) is 0. The van der Waals surface area contributed by atoms with Crippen LogP contribution >= 0.6 is 11.6 Å². The highest BCUT2D eigenvalue weighted by molar-refractivity contribution is 7.86. The first-order valence-corrected chi connectivity index (χ1v) is 5.36. The van der Waals surface area contributed by atoms with E-state index in [1.165, 1.54) is 0 Å². The minimum atomic E-state index is -5.19. The predicted octanol–water partition coefficient (Wildman–Crippen LogP) is 2.90. The molecule has 0 amide bonds. The maximum absolute atomic E-state index is 12.5. The fourth-order valence-corrected chi connectivity index (χ4v) is 1.82. The number of ether oxygens (including phenoxy) is 1. The van der Waals surface area contributed by atoms with Gasteiger partial charge in [0.05, 0.1) is 5.02 Å². The summed E-state index contributed by atoms with van der Waals surface area (Å²) in [5.74, 6) is -0.867. The highest BCUT2D eigenvalue weighted by Crippen LogP contribution is 2.30. The molecule has 0 fully saturated rings. The van der Waals surface area contributed by atoms with Crippen molar-refractivity contribution in [2.45, 2.75) is 11.3 Å². The molecule has 0 saturated heterocycles. The third kappa shape index (κ3) is 3.53. The van der Waals surface area contributed by atoms with Crippen LogP contribution in [0.2, 0.25) is 5.02 Å². The van der Waals surface area contributed by atoms with Crippen LogP contribution in [0.5, 0.6) is 5.75 Å². The Bertz CT molecular complexity index is 497. The Hall–Kier alpha value is -1.02. The van der Waals surface area contributed by atoms with Gasteiger partial charge in [-0.3, -0.25) is 0 Å². The Balaban J connectivity index is 3.19. The standard InChI is InChI=1S/C7H3ClF4O3S/c8-5-2-1-4(15-7(9,10)11)3-6(5)16(12,13)14/h1-3H. The quantitative estimate of drug-likeness (QED) is 0.617. The summed E-state index contributed by atoms with van der Waals surface area (Å²) in [5.41, 5.74) is 0. The lowest BCUT2D eigenvalue weighted by Crippen LogP contribution is -2.17. The topological polar surface area (TPSA) is 43.4 Å². The molecule has 0 spiro atoms. The highest BCUT2D eigenvalue weighted by Gasteiger charge is 2.32. The van der Waals surface area contributed by atoms with Gasteiger partial charge in [-0.15, -0.1) is 17.1 Å². The molecule has 16 heavy (non-hydrogen) atoms. The zero-order valence-corrected chi connectivity index (χ0v) is 8.83. The van der Waals surface area contributed by atoms with Gasteiger partial charge in [0, 0.05) is 6.07 Å². The van der Waals surface area contributed by atoms with Gasteiger partial charge in [-0.2, -0.15) is 8.42 Å². The minimum Gasteiger partial charge on any atom is -0.406 e. The average Bonchev–Trinajstić information content (AvgIpc) is 2.04. The van der Waals surface area contributed by atoms with Gasteiger partial charge >= 0.3 is 16.6 Å². The van der Waals surface area contributed by atoms with Crippen molar-refractivity contribution in [1.29, 1.82) is 0 Å². The van der Waals surface area contributed by atoms with Crippen molar-refractivity contribution in [3.63, 3.8) is 0 Å². The third-order valence-electron chi connectivity index (χ3n) is 1.40. The molecule has 9 heteroatoms. The maximum Gasteiger partial charge on any atom is 0.573 e. The Labute approximate surface area is 92.8 Å². The molecule has 1 aromatic carbocycles. The molecule has 0 saturated carbocycles. The van der Waals surface area contributed by atoms with Crippen molar-refractivity contribution in [3.05, 3.63) is 23.2 Å². The molecule has 0 aliphatic rings. The molecule has 0 atom stereocenters. The molecule has 0 aliphatic carbocycles. The van der Waals surface area contributed by atoms with Crippen molar-refractivity contribution < 1.29 is 30.2 Å². The lowest BCUT2D eigenvalue weighted by atomic mass is 10.3. The van der Waals surface area contributed by atoms with Gasteiger partial charge in [0.1, 0.15) is 10.6 Å². The summed E-state index contributed by atoms with van der Waals surface area (Å²) in [7, 11) is -5.19. The average molecular weight is 279 g/mol. The Morgan fingerprint density at radius 1 is 1.25 bits per heavy atom. The minimum absolute atomic E-state index is 0.352. The van der Waals surface area contributed by atoms with Gasteiger partial charge in [-0.05, 0) is 12.1 Å². The summed E-state index contributed by atoms with van der Waals surface area (Å²) >= 11 is 5.30. The molecule has 0 bridgehead atoms. The van der Waals surface area contributed by atoms with Crippen LogP contribution in [0.3, 0.4) is 0 Å². The molecule has 90 valence electrons. The van der Waals surface area contributed by atoms with Gasteiger partial charge in [-0.25, -0.2) is 0 Å². The summed E-state index contributed by atoms with van der Waals surface area (Å²) < 4.78 is 72.2. The smallest absolute Gasteiger partial charge is 0.406 e. The van der Waals surface area contributed by atoms with E-state index in [4.69, 9.17) is 11.6 Å². The van der Waals surface area contributed by atoms with Gasteiger partial charge in [-0.1, -0.05) is 11.6 Å². The monoisotopic (exact) mass is 278 g/mol. The largest absolute Gasteiger partial charge is 0.573 e. The lowest BCUT2D eigenvalue weighted by molar-refractivity contribution is -0.274. The second-order valence-corrected chi connectivity index (χ2v) is 4.30. The van der Waals surface area contributed by atoms with Gasteiger partial charge in [0.15, 0.2) is 0 Å². The maximum atomic E-state index is 12.5. The molecule has 0 unspecified atom stereocenters. The van der Waals surface area contributed by atoms with Crippen LogP contribution in [0.1, 0.15) is 0 Å². The second kappa shape index (κ2) is 4.10. The van der Waals surface area contributed by atoms with E-state index in [1.54, 1.807) is 0 Å². The first-order valence-electron chi connectivity index (χ1n) is 3.59. The number of hydrogen-bond acceptors (Lipinski definition) is 3. The fraction of sp³-hybridized carbons (Fsp3) is 0.143. The number of alkyl halides is 3. The Morgan fingerprint density at radius 2 is 1.81 bits per heavy atom. The molecule has 0 aromatic heterocycles. The molecular formula is C7H3ClF4O3S. The number of hydrogen-bond donors (Lipinski definition) is 0. The summed E-state index contributed by atoms with van der Waals surface area (Å²) in [6, 6.07) is 1.91. The first-order chi connectivity index (χ1) is 7.09. The second-order valence-electron chi connectivity index (χ2n) is 2.58. The van der Waals surface area contributed by atoms with Crippen LogP contribution in [0, 0.1) is 0 Å². The van der Waals surface area contributed by atoms with Crippen LogP contribution in [0.4, 0.5) is 17.1 Å². The lowest BCUT2D eigenvalue weighted by Gasteiger charge is -2.09. The Morgan fingerprint density at radius 3 is 2.25 bits per heavy atom. The first kappa shape index (κ1) is 13.0. The molecule has 0 heterocycles. The normalized spacial score (nSPS) is 12.6. The van der Waals surface area contributed by atoms with Crippen molar-refractivity contribution in [2.75, 3.05) is 0 Å². The Kier molecular flexibility index (Phi) is 3.34. The van der Waals surface area contributed by atoms with E-state index in [1.807, 2.05) is 0 Å². The van der Waals surface area contributed by atoms with E-state index >= 15 is 0 Å². The molecular weight excluding hydrogens is 276 g/mol. The molecule has 3 nitrogen and oxygen atoms in total. The van der Waals surface area contributed by atoms with E-state index in [0.717, 1.165) is 12.1 Å². The van der Waals surface area contributed by atoms with Gasteiger partial charge < -0.3 is 4.74 Å². The van der Waals surface area contributed by atoms with Gasteiger partial charge in [0.25, 0.3) is 0 Å². The summed E-state index contributed by atoms with van der Waals surface area (Å²) in [4.78, 5) is -1.07. The molecule has 1 rings (SSSR count). The fourth-order valence-electron chi connectivity index (χ4n) is 0.868. The van der Waals surface area contributed by atoms with Crippen molar-refractivity contribution in [3.8, 4) is 5.75 Å². The third-order valence-corrected chi connectivity index (χ3v) is 2.70. The van der Waals surface area contributed by atoms with Crippen LogP contribution < -0.4 is 4.74 Å². The van der Waals surface area contributed by atoms with Crippen LogP contribution in [0.15, 0.2) is 23.1 Å². The van der Waals surface area contributed by atoms with Crippen molar-refractivity contribution in [2.24, 2.45) is 0 Å². The van der Waals surface area contributed by atoms with Crippen LogP contribution in [-0.4, -0.2) is 14.8 Å². The number of rotatable bonds is 2. The molecule has 0 N–H and O–H groups in total. The SMILES string of the molecule is O=S(=O)(F)c1cc(OC(F)(F)F)ccc1Cl. The van der Waals surface area contributed by atoms with Crippen LogP contribution in [0.25, 0.3) is 0 Å². The van der Waals surface area contributed by atoms with Crippen molar-refractivity contribution >= 4 is 21.8 Å². The number of benzene rings is 1. The van der Waals surface area contributed by atoms with Gasteiger partial charge in [0.2, 0.25) is 0 Å². The molecule has 0 aliphatic heterocycles. The number of halogens is 5. The highest BCUT2D eigenvalue weighted by atomic mass is 35.5. The van der Waals surface area contributed by atoms with E-state index in [0.29, 0.717) is 6.07 Å². The van der Waals surface area contributed by atoms with E-state index in [9.17, 15) is 25.5 Å². The zero-order valence-electron chi connectivity index (χ0n) is 7.25. The summed E-state index contributed by atoms with van der Waals surface area (Å²) in [6.07, 6.45) is -4.99. The summed E-state index contributed by atoms with van der Waals surface area (Å²) in [5, 5.41) is -0.531. The van der Waals surface area contributed by atoms with Crippen LogP contribution in [-0.2, 0) is 10.2 Å². The molecule has 0 radical (unpaired) electrons. The van der Waals surface area contributed by atoms with E-state index < -0.39 is 32.3 Å². The van der Waals surface area contributed by atoms with E-state index in [-0.39, 0.29) is 0 Å². The van der Waals surface area contributed by atoms with Crippen molar-refractivity contribution in [1.82, 2.24) is 0 Å². The predicted molar refractivity (Wildman–Crippen MR) is 46.4 cm³/mol. The molecule has 1 aromatic rings.